The third kappa shape index (κ3) is 4.66. The van der Waals surface area contributed by atoms with Crippen LogP contribution in [0.1, 0.15) is 29.6 Å². The van der Waals surface area contributed by atoms with Gasteiger partial charge >= 0.3 is 0 Å². The van der Waals surface area contributed by atoms with Crippen molar-refractivity contribution >= 4 is 45.0 Å². The van der Waals surface area contributed by atoms with E-state index >= 15 is 0 Å². The normalized spacial score (nSPS) is 15.5. The Morgan fingerprint density at radius 2 is 1.85 bits per heavy atom. The van der Waals surface area contributed by atoms with Crippen LogP contribution in [0.3, 0.4) is 0 Å². The Morgan fingerprint density at radius 1 is 1.11 bits per heavy atom. The van der Waals surface area contributed by atoms with Crippen molar-refractivity contribution in [3.63, 3.8) is 0 Å². The van der Waals surface area contributed by atoms with E-state index in [1.807, 2.05) is 24.5 Å². The first-order chi connectivity index (χ1) is 12.9. The summed E-state index contributed by atoms with van der Waals surface area (Å²) in [5.74, 6) is -0.375. The van der Waals surface area contributed by atoms with Gasteiger partial charge in [-0.05, 0) is 55.5 Å². The predicted molar refractivity (Wildman–Crippen MR) is 110 cm³/mol. The van der Waals surface area contributed by atoms with Gasteiger partial charge in [0.25, 0.3) is 5.91 Å². The van der Waals surface area contributed by atoms with Crippen molar-refractivity contribution < 1.29 is 13.2 Å². The highest BCUT2D eigenvalue weighted by Gasteiger charge is 2.28. The van der Waals surface area contributed by atoms with Crippen LogP contribution in [-0.4, -0.2) is 38.0 Å². The lowest BCUT2D eigenvalue weighted by molar-refractivity contribution is 0.102. The lowest BCUT2D eigenvalue weighted by atomic mass is 10.2. The zero-order valence-electron chi connectivity index (χ0n) is 14.9. The van der Waals surface area contributed by atoms with Crippen LogP contribution in [0.2, 0.25) is 5.02 Å². The minimum Gasteiger partial charge on any atom is -0.322 e. The van der Waals surface area contributed by atoms with Crippen LogP contribution >= 0.6 is 23.4 Å². The summed E-state index contributed by atoms with van der Waals surface area (Å²) in [6.07, 6.45) is 4.65. The van der Waals surface area contributed by atoms with Crippen molar-refractivity contribution in [1.82, 2.24) is 4.31 Å². The molecule has 1 fully saturated rings. The number of thioether (sulfide) groups is 1. The Kier molecular flexibility index (Phi) is 6.47. The van der Waals surface area contributed by atoms with Gasteiger partial charge in [0.1, 0.15) is 4.90 Å². The molecule has 144 valence electrons. The van der Waals surface area contributed by atoms with Gasteiger partial charge in [-0.2, -0.15) is 4.31 Å². The smallest absolute Gasteiger partial charge is 0.255 e. The summed E-state index contributed by atoms with van der Waals surface area (Å²) < 4.78 is 27.3. The first-order valence-electron chi connectivity index (χ1n) is 8.67. The zero-order chi connectivity index (χ0) is 19.4. The molecular formula is C19H21ClN2O3S2. The average molecular weight is 425 g/mol. The van der Waals surface area contributed by atoms with Crippen molar-refractivity contribution in [3.8, 4) is 0 Å². The van der Waals surface area contributed by atoms with Crippen LogP contribution < -0.4 is 5.32 Å². The highest BCUT2D eigenvalue weighted by Crippen LogP contribution is 2.28. The topological polar surface area (TPSA) is 66.5 Å². The van der Waals surface area contributed by atoms with Gasteiger partial charge in [0.15, 0.2) is 0 Å². The number of benzene rings is 2. The van der Waals surface area contributed by atoms with E-state index in [0.29, 0.717) is 18.8 Å². The molecule has 2 aromatic carbocycles. The number of nitrogens with zero attached hydrogens (tertiary/aromatic N) is 1. The molecule has 1 saturated heterocycles. The molecule has 0 radical (unpaired) electrons. The molecule has 0 bridgehead atoms. The van der Waals surface area contributed by atoms with E-state index in [0.717, 1.165) is 24.2 Å². The maximum absolute atomic E-state index is 12.9. The van der Waals surface area contributed by atoms with Crippen LogP contribution in [0.25, 0.3) is 0 Å². The SMILES string of the molecule is CSc1cccc(NC(=O)c2ccc(Cl)c(S(=O)(=O)N3CCCCC3)c2)c1. The van der Waals surface area contributed by atoms with Gasteiger partial charge in [0.05, 0.1) is 5.02 Å². The highest BCUT2D eigenvalue weighted by atomic mass is 35.5. The van der Waals surface area contributed by atoms with E-state index in [1.54, 1.807) is 17.8 Å². The van der Waals surface area contributed by atoms with E-state index in [1.165, 1.54) is 22.5 Å². The average Bonchev–Trinajstić information content (AvgIpc) is 2.69. The number of piperidine rings is 1. The van der Waals surface area contributed by atoms with Gasteiger partial charge in [0, 0.05) is 29.2 Å². The van der Waals surface area contributed by atoms with Crippen LogP contribution in [0, 0.1) is 0 Å². The van der Waals surface area contributed by atoms with Crippen molar-refractivity contribution in [3.05, 3.63) is 53.1 Å². The third-order valence-corrected chi connectivity index (χ3v) is 7.56. The summed E-state index contributed by atoms with van der Waals surface area (Å²) in [5.41, 5.74) is 0.909. The van der Waals surface area contributed by atoms with Crippen molar-refractivity contribution in [2.24, 2.45) is 0 Å². The summed E-state index contributed by atoms with van der Waals surface area (Å²) in [6.45, 7) is 0.965. The summed E-state index contributed by atoms with van der Waals surface area (Å²) >= 11 is 7.74. The third-order valence-electron chi connectivity index (χ3n) is 4.45. The molecule has 27 heavy (non-hydrogen) atoms. The molecule has 1 aliphatic rings. The minimum atomic E-state index is -3.71. The molecule has 1 N–H and O–H groups in total. The van der Waals surface area contributed by atoms with Crippen molar-refractivity contribution in [2.45, 2.75) is 29.1 Å². The van der Waals surface area contributed by atoms with Crippen LogP contribution in [0.15, 0.2) is 52.3 Å². The molecule has 1 amide bonds. The van der Waals surface area contributed by atoms with E-state index < -0.39 is 10.0 Å². The molecular weight excluding hydrogens is 404 g/mol. The molecule has 0 aromatic heterocycles. The molecule has 0 aliphatic carbocycles. The van der Waals surface area contributed by atoms with Crippen molar-refractivity contribution in [1.29, 1.82) is 0 Å². The second kappa shape index (κ2) is 8.65. The van der Waals surface area contributed by atoms with Gasteiger partial charge < -0.3 is 5.32 Å². The quantitative estimate of drug-likeness (QED) is 0.718. The van der Waals surface area contributed by atoms with Gasteiger partial charge in [-0.15, -0.1) is 11.8 Å². The van der Waals surface area contributed by atoms with Crippen molar-refractivity contribution in [2.75, 3.05) is 24.7 Å². The van der Waals surface area contributed by atoms with Crippen LogP contribution in [0.5, 0.6) is 0 Å². The standard InChI is InChI=1S/C19H21ClN2O3S2/c1-26-16-7-5-6-15(13-16)21-19(23)14-8-9-17(20)18(12-14)27(24,25)22-10-3-2-4-11-22/h5-9,12-13H,2-4,10-11H2,1H3,(H,21,23). The van der Waals surface area contributed by atoms with Gasteiger partial charge in [-0.1, -0.05) is 24.1 Å². The number of carbonyl (C=O) groups excluding carboxylic acids is 1. The number of anilines is 1. The largest absolute Gasteiger partial charge is 0.322 e. The highest BCUT2D eigenvalue weighted by molar-refractivity contribution is 7.98. The second-order valence-electron chi connectivity index (χ2n) is 6.30. The number of amides is 1. The number of rotatable bonds is 5. The maximum atomic E-state index is 12.9. The molecule has 0 atom stereocenters. The Labute approximate surface area is 169 Å². The maximum Gasteiger partial charge on any atom is 0.255 e. The summed E-state index contributed by atoms with van der Waals surface area (Å²) in [7, 11) is -3.71. The molecule has 1 heterocycles. The monoisotopic (exact) mass is 424 g/mol. The molecule has 5 nitrogen and oxygen atoms in total. The lowest BCUT2D eigenvalue weighted by Gasteiger charge is -2.26. The molecule has 0 spiro atoms. The second-order valence-corrected chi connectivity index (χ2v) is 9.49. The number of hydrogen-bond donors (Lipinski definition) is 1. The summed E-state index contributed by atoms with van der Waals surface area (Å²) in [5, 5.41) is 2.93. The van der Waals surface area contributed by atoms with Crippen LogP contribution in [-0.2, 0) is 10.0 Å². The Balaban J connectivity index is 1.87. The molecule has 3 rings (SSSR count). The predicted octanol–water partition coefficient (Wildman–Crippen LogP) is 4.49. The number of nitrogens with one attached hydrogen (secondary N) is 1. The Hall–Kier alpha value is -1.54. The van der Waals surface area contributed by atoms with Gasteiger partial charge in [-0.25, -0.2) is 8.42 Å². The fraction of sp³-hybridized carbons (Fsp3) is 0.316. The zero-order valence-corrected chi connectivity index (χ0v) is 17.3. The van der Waals surface area contributed by atoms with Crippen LogP contribution in [0.4, 0.5) is 5.69 Å². The molecule has 8 heteroatoms. The van der Waals surface area contributed by atoms with E-state index in [4.69, 9.17) is 11.6 Å². The fourth-order valence-corrected chi connectivity index (χ4v) is 5.47. The molecule has 0 unspecified atom stereocenters. The summed E-state index contributed by atoms with van der Waals surface area (Å²) in [6, 6.07) is 11.8. The number of sulfonamides is 1. The fourth-order valence-electron chi connectivity index (χ4n) is 2.99. The first-order valence-corrected chi connectivity index (χ1v) is 11.7. The lowest BCUT2D eigenvalue weighted by Crippen LogP contribution is -2.35. The number of halogens is 1. The number of hydrogen-bond acceptors (Lipinski definition) is 4. The molecule has 0 saturated carbocycles. The first kappa shape index (κ1) is 20.2. The van der Waals surface area contributed by atoms with Gasteiger partial charge in [0.2, 0.25) is 10.0 Å². The van der Waals surface area contributed by atoms with E-state index in [2.05, 4.69) is 5.32 Å². The van der Waals surface area contributed by atoms with E-state index in [9.17, 15) is 13.2 Å². The molecule has 2 aromatic rings. The number of carbonyl (C=O) groups is 1. The Morgan fingerprint density at radius 3 is 2.56 bits per heavy atom. The molecule has 1 aliphatic heterocycles. The van der Waals surface area contributed by atoms with E-state index in [-0.39, 0.29) is 21.4 Å². The minimum absolute atomic E-state index is 0.0171. The Bertz CT molecular complexity index is 942. The summed E-state index contributed by atoms with van der Waals surface area (Å²) in [4.78, 5) is 13.6. The van der Waals surface area contributed by atoms with Gasteiger partial charge in [-0.3, -0.25) is 4.79 Å².